The lowest BCUT2D eigenvalue weighted by Crippen LogP contribution is -2.35. The molecule has 6 heteroatoms. The van der Waals surface area contributed by atoms with Crippen LogP contribution in [-0.4, -0.2) is 43.0 Å². The van der Waals surface area contributed by atoms with Crippen LogP contribution in [0.25, 0.3) is 0 Å². The molecule has 2 amide bonds. The van der Waals surface area contributed by atoms with Crippen LogP contribution < -0.4 is 10.1 Å². The Morgan fingerprint density at radius 1 is 1.38 bits per heavy atom. The Labute approximate surface area is 154 Å². The van der Waals surface area contributed by atoms with E-state index in [1.54, 1.807) is 11.2 Å². The highest BCUT2D eigenvalue weighted by atomic mass is 16.5. The van der Waals surface area contributed by atoms with Gasteiger partial charge in [0.25, 0.3) is 0 Å². The molecule has 1 N–H and O–H groups in total. The monoisotopic (exact) mass is 358 g/mol. The standard InChI is InChI=1S/C20H26N2O4/c1-22(14-17-5-2-3-11-26-17)20(24)6-4-12-25-16-8-9-18-15(13-16)7-10-19(23)21-18/h3,8-9,11,13,17H,2,4-7,10,12,14H2,1H3,(H,21,23). The van der Waals surface area contributed by atoms with Crippen molar-refractivity contribution in [2.75, 3.05) is 25.5 Å². The molecule has 3 rings (SSSR count). The van der Waals surface area contributed by atoms with E-state index in [0.717, 1.165) is 36.3 Å². The van der Waals surface area contributed by atoms with Crippen LogP contribution in [0.4, 0.5) is 5.69 Å². The van der Waals surface area contributed by atoms with E-state index in [1.165, 1.54) is 0 Å². The summed E-state index contributed by atoms with van der Waals surface area (Å²) < 4.78 is 11.3. The second-order valence-electron chi connectivity index (χ2n) is 6.80. The van der Waals surface area contributed by atoms with Crippen molar-refractivity contribution in [3.63, 3.8) is 0 Å². The van der Waals surface area contributed by atoms with E-state index in [0.29, 0.717) is 32.4 Å². The van der Waals surface area contributed by atoms with Crippen LogP contribution >= 0.6 is 0 Å². The third-order valence-electron chi connectivity index (χ3n) is 4.70. The van der Waals surface area contributed by atoms with Gasteiger partial charge in [-0.25, -0.2) is 0 Å². The molecule has 2 aliphatic heterocycles. The molecular weight excluding hydrogens is 332 g/mol. The van der Waals surface area contributed by atoms with Gasteiger partial charge >= 0.3 is 0 Å². The molecule has 2 aliphatic rings. The van der Waals surface area contributed by atoms with Crippen molar-refractivity contribution >= 4 is 17.5 Å². The summed E-state index contributed by atoms with van der Waals surface area (Å²) in [6.45, 7) is 1.12. The van der Waals surface area contributed by atoms with Crippen LogP contribution in [0.2, 0.25) is 0 Å². The minimum atomic E-state index is 0.0587. The van der Waals surface area contributed by atoms with E-state index in [9.17, 15) is 9.59 Å². The Morgan fingerprint density at radius 2 is 2.27 bits per heavy atom. The van der Waals surface area contributed by atoms with Gasteiger partial charge in [0.15, 0.2) is 0 Å². The molecule has 0 radical (unpaired) electrons. The highest BCUT2D eigenvalue weighted by Gasteiger charge is 2.17. The topological polar surface area (TPSA) is 67.9 Å². The SMILES string of the molecule is CN(CC1CCC=CO1)C(=O)CCCOc1ccc2c(c1)CCC(=O)N2. The van der Waals surface area contributed by atoms with Crippen LogP contribution in [0, 0.1) is 0 Å². The molecule has 0 bridgehead atoms. The molecule has 0 saturated heterocycles. The van der Waals surface area contributed by atoms with Gasteiger partial charge in [0, 0.05) is 25.6 Å². The molecule has 140 valence electrons. The summed E-state index contributed by atoms with van der Waals surface area (Å²) in [4.78, 5) is 25.3. The quantitative estimate of drug-likeness (QED) is 0.761. The van der Waals surface area contributed by atoms with Gasteiger partial charge in [0.2, 0.25) is 11.8 Å². The molecule has 1 atom stereocenters. The van der Waals surface area contributed by atoms with Gasteiger partial charge in [-0.15, -0.1) is 0 Å². The zero-order valence-electron chi connectivity index (χ0n) is 15.2. The Bertz CT molecular complexity index is 686. The molecule has 2 heterocycles. The summed E-state index contributed by atoms with van der Waals surface area (Å²) in [6.07, 6.45) is 8.16. The van der Waals surface area contributed by atoms with Crippen molar-refractivity contribution in [2.45, 2.75) is 44.6 Å². The number of aryl methyl sites for hydroxylation is 1. The summed E-state index contributed by atoms with van der Waals surface area (Å²) in [5.74, 6) is 0.950. The average molecular weight is 358 g/mol. The normalized spacial score (nSPS) is 18.5. The summed E-state index contributed by atoms with van der Waals surface area (Å²) in [7, 11) is 1.82. The highest BCUT2D eigenvalue weighted by Crippen LogP contribution is 2.26. The maximum Gasteiger partial charge on any atom is 0.224 e. The lowest BCUT2D eigenvalue weighted by molar-refractivity contribution is -0.131. The first-order chi connectivity index (χ1) is 12.6. The summed E-state index contributed by atoms with van der Waals surface area (Å²) in [5.41, 5.74) is 1.96. The number of nitrogens with one attached hydrogen (secondary N) is 1. The van der Waals surface area contributed by atoms with E-state index in [-0.39, 0.29) is 17.9 Å². The highest BCUT2D eigenvalue weighted by molar-refractivity contribution is 5.94. The van der Waals surface area contributed by atoms with E-state index in [2.05, 4.69) is 5.32 Å². The number of rotatable bonds is 7. The second-order valence-corrected chi connectivity index (χ2v) is 6.80. The first-order valence-corrected chi connectivity index (χ1v) is 9.22. The molecule has 0 fully saturated rings. The molecule has 0 saturated carbocycles. The smallest absolute Gasteiger partial charge is 0.224 e. The van der Waals surface area contributed by atoms with Gasteiger partial charge in [-0.05, 0) is 55.5 Å². The number of likely N-dealkylation sites (N-methyl/N-ethyl adjacent to an activating group) is 1. The van der Waals surface area contributed by atoms with E-state index in [4.69, 9.17) is 9.47 Å². The van der Waals surface area contributed by atoms with E-state index < -0.39 is 0 Å². The zero-order chi connectivity index (χ0) is 18.4. The molecular formula is C20H26N2O4. The lowest BCUT2D eigenvalue weighted by Gasteiger charge is -2.25. The number of benzene rings is 1. The zero-order valence-corrected chi connectivity index (χ0v) is 15.2. The van der Waals surface area contributed by atoms with Gasteiger partial charge in [0.1, 0.15) is 11.9 Å². The third-order valence-corrected chi connectivity index (χ3v) is 4.70. The van der Waals surface area contributed by atoms with E-state index >= 15 is 0 Å². The van der Waals surface area contributed by atoms with Crippen molar-refractivity contribution in [1.29, 1.82) is 0 Å². The fourth-order valence-electron chi connectivity index (χ4n) is 3.18. The van der Waals surface area contributed by atoms with Crippen LogP contribution in [0.5, 0.6) is 5.75 Å². The number of fused-ring (bicyclic) bond motifs is 1. The molecule has 1 aromatic carbocycles. The maximum atomic E-state index is 12.2. The van der Waals surface area contributed by atoms with Gasteiger partial charge in [0.05, 0.1) is 19.4 Å². The minimum absolute atomic E-state index is 0.0587. The Morgan fingerprint density at radius 3 is 3.08 bits per heavy atom. The maximum absolute atomic E-state index is 12.2. The molecule has 6 nitrogen and oxygen atoms in total. The molecule has 1 aromatic rings. The number of nitrogens with zero attached hydrogens (tertiary/aromatic N) is 1. The lowest BCUT2D eigenvalue weighted by atomic mass is 10.0. The number of anilines is 1. The van der Waals surface area contributed by atoms with Gasteiger partial charge in [-0.2, -0.15) is 0 Å². The summed E-state index contributed by atoms with van der Waals surface area (Å²) >= 11 is 0. The number of allylic oxidation sites excluding steroid dienone is 1. The summed E-state index contributed by atoms with van der Waals surface area (Å²) in [5, 5.41) is 2.86. The van der Waals surface area contributed by atoms with Crippen molar-refractivity contribution in [1.82, 2.24) is 4.90 Å². The van der Waals surface area contributed by atoms with Gasteiger partial charge in [-0.3, -0.25) is 9.59 Å². The third kappa shape index (κ3) is 5.00. The van der Waals surface area contributed by atoms with Crippen LogP contribution in [0.15, 0.2) is 30.5 Å². The first-order valence-electron chi connectivity index (χ1n) is 9.22. The van der Waals surface area contributed by atoms with Crippen molar-refractivity contribution in [3.8, 4) is 5.75 Å². The second kappa shape index (κ2) is 8.74. The Kier molecular flexibility index (Phi) is 6.15. The molecule has 0 aliphatic carbocycles. The molecule has 0 aromatic heterocycles. The minimum Gasteiger partial charge on any atom is -0.497 e. The van der Waals surface area contributed by atoms with Gasteiger partial charge in [-0.1, -0.05) is 0 Å². The van der Waals surface area contributed by atoms with Crippen molar-refractivity contribution in [2.24, 2.45) is 0 Å². The average Bonchev–Trinajstić information content (AvgIpc) is 2.65. The van der Waals surface area contributed by atoms with Crippen LogP contribution in [-0.2, 0) is 20.7 Å². The molecule has 1 unspecified atom stereocenters. The predicted molar refractivity (Wildman–Crippen MR) is 99.0 cm³/mol. The number of amides is 2. The largest absolute Gasteiger partial charge is 0.497 e. The molecule has 26 heavy (non-hydrogen) atoms. The number of hydrogen-bond donors (Lipinski definition) is 1. The predicted octanol–water partition coefficient (Wildman–Crippen LogP) is 2.88. The Balaban J connectivity index is 1.37. The number of carbonyl (C=O) groups excluding carboxylic acids is 2. The fourth-order valence-corrected chi connectivity index (χ4v) is 3.18. The van der Waals surface area contributed by atoms with Gasteiger partial charge < -0.3 is 19.7 Å². The van der Waals surface area contributed by atoms with Crippen molar-refractivity contribution < 1.29 is 19.1 Å². The number of ether oxygens (including phenoxy) is 2. The van der Waals surface area contributed by atoms with Crippen LogP contribution in [0.3, 0.4) is 0 Å². The number of hydrogen-bond acceptors (Lipinski definition) is 4. The fraction of sp³-hybridized carbons (Fsp3) is 0.500. The van der Waals surface area contributed by atoms with E-state index in [1.807, 2.05) is 31.3 Å². The Hall–Kier alpha value is -2.50. The van der Waals surface area contributed by atoms with Crippen LogP contribution in [0.1, 0.15) is 37.7 Å². The number of carbonyl (C=O) groups is 2. The molecule has 0 spiro atoms. The summed E-state index contributed by atoms with van der Waals surface area (Å²) in [6, 6.07) is 5.70. The van der Waals surface area contributed by atoms with Crippen molar-refractivity contribution in [3.05, 3.63) is 36.1 Å². The first kappa shape index (κ1) is 18.3.